The second kappa shape index (κ2) is 7.06. The van der Waals surface area contributed by atoms with Gasteiger partial charge < -0.3 is 10.1 Å². The third-order valence-electron chi connectivity index (χ3n) is 3.22. The summed E-state index contributed by atoms with van der Waals surface area (Å²) in [5.74, 6) is 0. The van der Waals surface area contributed by atoms with Crippen molar-refractivity contribution in [1.82, 2.24) is 4.72 Å². The Morgan fingerprint density at radius 3 is 3.05 bits per heavy atom. The molecule has 6 heteroatoms. The van der Waals surface area contributed by atoms with Crippen molar-refractivity contribution in [2.24, 2.45) is 0 Å². The van der Waals surface area contributed by atoms with Crippen molar-refractivity contribution < 1.29 is 13.2 Å². The van der Waals surface area contributed by atoms with Crippen LogP contribution in [0.2, 0.25) is 0 Å². The van der Waals surface area contributed by atoms with Gasteiger partial charge in [-0.25, -0.2) is 13.1 Å². The van der Waals surface area contributed by atoms with Crippen LogP contribution in [-0.2, 0) is 21.2 Å². The zero-order valence-electron chi connectivity index (χ0n) is 12.3. The van der Waals surface area contributed by atoms with Crippen molar-refractivity contribution in [3.05, 3.63) is 35.9 Å². The molecule has 0 saturated heterocycles. The van der Waals surface area contributed by atoms with Crippen LogP contribution in [0.1, 0.15) is 18.9 Å². The molecule has 0 saturated carbocycles. The Kier molecular flexibility index (Phi) is 5.39. The molecule has 2 rings (SSSR count). The molecule has 1 heterocycles. The minimum Gasteiger partial charge on any atom is -0.385 e. The smallest absolute Gasteiger partial charge is 0.240 e. The highest BCUT2D eigenvalue weighted by Gasteiger charge is 2.17. The molecular formula is C15H22N2O3S. The maximum Gasteiger partial charge on any atom is 0.240 e. The molecule has 0 aromatic heterocycles. The number of hydrogen-bond acceptors (Lipinski definition) is 4. The summed E-state index contributed by atoms with van der Waals surface area (Å²) in [7, 11) is -3.49. The zero-order chi connectivity index (χ0) is 15.3. The van der Waals surface area contributed by atoms with E-state index in [1.807, 2.05) is 13.0 Å². The van der Waals surface area contributed by atoms with Crippen molar-refractivity contribution >= 4 is 15.7 Å². The van der Waals surface area contributed by atoms with E-state index in [1.54, 1.807) is 12.1 Å². The van der Waals surface area contributed by atoms with Crippen LogP contribution in [-0.4, -0.2) is 34.7 Å². The summed E-state index contributed by atoms with van der Waals surface area (Å²) in [5, 5.41) is 3.24. The molecule has 1 aromatic carbocycles. The maximum atomic E-state index is 12.2. The predicted octanol–water partition coefficient (Wildman–Crippen LogP) is 1.92. The fraction of sp³-hybridized carbons (Fsp3) is 0.467. The number of fused-ring (bicyclic) bond motifs is 1. The number of sulfonamides is 1. The van der Waals surface area contributed by atoms with Crippen LogP contribution in [0.5, 0.6) is 0 Å². The van der Waals surface area contributed by atoms with Crippen LogP contribution in [0, 0.1) is 0 Å². The number of ether oxygens (including phenoxy) is 1. The van der Waals surface area contributed by atoms with E-state index in [0.29, 0.717) is 13.2 Å². The molecule has 116 valence electrons. The lowest BCUT2D eigenvalue weighted by atomic mass is 10.0. The van der Waals surface area contributed by atoms with E-state index in [2.05, 4.69) is 16.6 Å². The van der Waals surface area contributed by atoms with Crippen LogP contribution >= 0.6 is 0 Å². The second-order valence-corrected chi connectivity index (χ2v) is 7.02. The molecule has 0 amide bonds. The summed E-state index contributed by atoms with van der Waals surface area (Å²) >= 11 is 0. The average molecular weight is 310 g/mol. The van der Waals surface area contributed by atoms with Crippen molar-refractivity contribution in [3.8, 4) is 0 Å². The fourth-order valence-corrected chi connectivity index (χ4v) is 3.22. The number of benzene rings is 1. The van der Waals surface area contributed by atoms with Gasteiger partial charge in [0.05, 0.1) is 18.1 Å². The van der Waals surface area contributed by atoms with E-state index >= 15 is 0 Å². The molecule has 1 aliphatic heterocycles. The number of rotatable bonds is 7. The number of hydrogen-bond donors (Lipinski definition) is 2. The van der Waals surface area contributed by atoms with E-state index in [-0.39, 0.29) is 11.4 Å². The first-order valence-corrected chi connectivity index (χ1v) is 8.56. The van der Waals surface area contributed by atoms with Crippen LogP contribution in [0.4, 0.5) is 5.69 Å². The van der Waals surface area contributed by atoms with Gasteiger partial charge in [0.1, 0.15) is 0 Å². The summed E-state index contributed by atoms with van der Waals surface area (Å²) < 4.78 is 32.2. The highest BCUT2D eigenvalue weighted by Crippen LogP contribution is 2.24. The molecular weight excluding hydrogens is 288 g/mol. The van der Waals surface area contributed by atoms with Gasteiger partial charge in [0.25, 0.3) is 0 Å². The van der Waals surface area contributed by atoms with Crippen molar-refractivity contribution in [2.45, 2.75) is 24.7 Å². The first kappa shape index (κ1) is 16.0. The quantitative estimate of drug-likeness (QED) is 0.596. The first-order valence-electron chi connectivity index (χ1n) is 7.07. The molecule has 1 aromatic rings. The highest BCUT2D eigenvalue weighted by atomic mass is 32.2. The van der Waals surface area contributed by atoms with Crippen molar-refractivity contribution in [3.63, 3.8) is 0 Å². The van der Waals surface area contributed by atoms with Gasteiger partial charge in [0.2, 0.25) is 10.0 Å². The molecule has 1 aliphatic rings. The standard InChI is InChI=1S/C15H22N2O3S/c1-12(2)11-20-9-8-17-21(18,19)14-6-5-13-4-3-7-16-15(13)10-14/h5-6,10,16-17H,1,3-4,7-9,11H2,2H3. The maximum absolute atomic E-state index is 12.2. The summed E-state index contributed by atoms with van der Waals surface area (Å²) in [5.41, 5.74) is 3.01. The van der Waals surface area contributed by atoms with Gasteiger partial charge in [-0.3, -0.25) is 0 Å². The molecule has 0 radical (unpaired) electrons. The van der Waals surface area contributed by atoms with Gasteiger partial charge in [-0.1, -0.05) is 18.2 Å². The SMILES string of the molecule is C=C(C)COCCNS(=O)(=O)c1ccc2c(c1)NCCC2. The zero-order valence-corrected chi connectivity index (χ0v) is 13.1. The Morgan fingerprint density at radius 2 is 2.29 bits per heavy atom. The van der Waals surface area contributed by atoms with Crippen LogP contribution < -0.4 is 10.0 Å². The van der Waals surface area contributed by atoms with Crippen molar-refractivity contribution in [1.29, 1.82) is 0 Å². The Morgan fingerprint density at radius 1 is 1.48 bits per heavy atom. The molecule has 0 fully saturated rings. The second-order valence-electron chi connectivity index (χ2n) is 5.26. The number of anilines is 1. The van der Waals surface area contributed by atoms with Crippen LogP contribution in [0.15, 0.2) is 35.2 Å². The fourth-order valence-electron chi connectivity index (χ4n) is 2.19. The van der Waals surface area contributed by atoms with E-state index < -0.39 is 10.0 Å². The van der Waals surface area contributed by atoms with Gasteiger partial charge in [0, 0.05) is 18.8 Å². The predicted molar refractivity (Wildman–Crippen MR) is 84.1 cm³/mol. The molecule has 0 atom stereocenters. The number of aryl methyl sites for hydroxylation is 1. The Hall–Kier alpha value is -1.37. The lowest BCUT2D eigenvalue weighted by Gasteiger charge is -2.18. The molecule has 0 unspecified atom stereocenters. The van der Waals surface area contributed by atoms with Crippen molar-refractivity contribution in [2.75, 3.05) is 31.6 Å². The molecule has 2 N–H and O–H groups in total. The van der Waals surface area contributed by atoms with Gasteiger partial charge in [-0.15, -0.1) is 0 Å². The Bertz CT molecular complexity index is 611. The lowest BCUT2D eigenvalue weighted by Crippen LogP contribution is -2.28. The summed E-state index contributed by atoms with van der Waals surface area (Å²) in [6, 6.07) is 5.24. The summed E-state index contributed by atoms with van der Waals surface area (Å²) in [6.07, 6.45) is 2.07. The van der Waals surface area contributed by atoms with Crippen LogP contribution in [0.25, 0.3) is 0 Å². The van der Waals surface area contributed by atoms with E-state index in [1.165, 1.54) is 5.56 Å². The highest BCUT2D eigenvalue weighted by molar-refractivity contribution is 7.89. The Labute approximate surface area is 126 Å². The minimum absolute atomic E-state index is 0.250. The molecule has 0 bridgehead atoms. The van der Waals surface area contributed by atoms with Gasteiger partial charge in [-0.05, 0) is 37.5 Å². The Balaban J connectivity index is 1.94. The minimum atomic E-state index is -3.49. The molecule has 21 heavy (non-hydrogen) atoms. The van der Waals surface area contributed by atoms with E-state index in [0.717, 1.165) is 30.6 Å². The lowest BCUT2D eigenvalue weighted by molar-refractivity contribution is 0.162. The molecule has 0 aliphatic carbocycles. The van der Waals surface area contributed by atoms with Gasteiger partial charge in [-0.2, -0.15) is 0 Å². The molecule has 5 nitrogen and oxygen atoms in total. The molecule has 0 spiro atoms. The largest absolute Gasteiger partial charge is 0.385 e. The number of nitrogens with one attached hydrogen (secondary N) is 2. The van der Waals surface area contributed by atoms with Gasteiger partial charge in [0.15, 0.2) is 0 Å². The summed E-state index contributed by atoms with van der Waals surface area (Å²) in [6.45, 7) is 7.50. The third-order valence-corrected chi connectivity index (χ3v) is 4.68. The van der Waals surface area contributed by atoms with E-state index in [4.69, 9.17) is 4.74 Å². The van der Waals surface area contributed by atoms with Crippen LogP contribution in [0.3, 0.4) is 0 Å². The normalized spacial score (nSPS) is 14.3. The topological polar surface area (TPSA) is 67.4 Å². The summed E-state index contributed by atoms with van der Waals surface area (Å²) in [4.78, 5) is 0.288. The average Bonchev–Trinajstić information content (AvgIpc) is 2.46. The monoisotopic (exact) mass is 310 g/mol. The van der Waals surface area contributed by atoms with E-state index in [9.17, 15) is 8.42 Å². The first-order chi connectivity index (χ1) is 9.99. The van der Waals surface area contributed by atoms with Gasteiger partial charge >= 0.3 is 0 Å². The third kappa shape index (κ3) is 4.56.